The first-order valence-corrected chi connectivity index (χ1v) is 6.07. The molecule has 0 aliphatic rings. The average Bonchev–Trinajstić information content (AvgIpc) is 2.36. The molecule has 0 saturated heterocycles. The smallest absolute Gasteiger partial charge is 0.304 e. The predicted octanol–water partition coefficient (Wildman–Crippen LogP) is 0.818. The summed E-state index contributed by atoms with van der Waals surface area (Å²) in [5.74, 6) is -1.19. The van der Waals surface area contributed by atoms with Gasteiger partial charge in [0.1, 0.15) is 5.82 Å². The maximum atomic E-state index is 13.6. The Labute approximate surface area is 111 Å². The molecule has 0 heterocycles. The van der Waals surface area contributed by atoms with Gasteiger partial charge < -0.3 is 20.4 Å². The molecule has 0 radical (unpaired) electrons. The molecular weight excluding hydrogens is 251 g/mol. The first-order valence-electron chi connectivity index (χ1n) is 6.07. The van der Waals surface area contributed by atoms with E-state index < -0.39 is 5.97 Å². The highest BCUT2D eigenvalue weighted by molar-refractivity contribution is 5.66. The minimum atomic E-state index is -0.852. The molecule has 0 aromatic heterocycles. The Hall–Kier alpha value is -1.66. The molecule has 0 unspecified atom stereocenters. The maximum absolute atomic E-state index is 13.6. The van der Waals surface area contributed by atoms with E-state index in [9.17, 15) is 9.18 Å². The molecule has 19 heavy (non-hydrogen) atoms. The third kappa shape index (κ3) is 5.23. The lowest BCUT2D eigenvalue weighted by atomic mass is 10.1. The van der Waals surface area contributed by atoms with Crippen molar-refractivity contribution in [3.05, 3.63) is 29.6 Å². The van der Waals surface area contributed by atoms with E-state index >= 15 is 0 Å². The number of aliphatic carboxylic acids is 1. The van der Waals surface area contributed by atoms with Crippen LogP contribution in [-0.2, 0) is 11.3 Å². The van der Waals surface area contributed by atoms with E-state index in [4.69, 9.17) is 10.2 Å². The van der Waals surface area contributed by atoms with Crippen LogP contribution < -0.4 is 10.2 Å². The highest BCUT2D eigenvalue weighted by Gasteiger charge is 2.08. The van der Waals surface area contributed by atoms with Crippen LogP contribution in [0.5, 0.6) is 0 Å². The largest absolute Gasteiger partial charge is 0.481 e. The van der Waals surface area contributed by atoms with Gasteiger partial charge in [-0.3, -0.25) is 4.79 Å². The molecule has 0 aliphatic heterocycles. The predicted molar refractivity (Wildman–Crippen MR) is 70.7 cm³/mol. The minimum Gasteiger partial charge on any atom is -0.481 e. The fourth-order valence-electron chi connectivity index (χ4n) is 1.66. The van der Waals surface area contributed by atoms with Crippen LogP contribution >= 0.6 is 0 Å². The van der Waals surface area contributed by atoms with Gasteiger partial charge in [-0.25, -0.2) is 4.39 Å². The standard InChI is InChI=1S/C13H19FN2O3/c1-16(6-7-17)12-8-10(2-3-11(12)14)9-15-5-4-13(18)19/h2-3,8,15,17H,4-7,9H2,1H3,(H,18,19). The number of nitrogens with one attached hydrogen (secondary N) is 1. The van der Waals surface area contributed by atoms with Gasteiger partial charge in [-0.1, -0.05) is 6.07 Å². The number of rotatable bonds is 8. The lowest BCUT2D eigenvalue weighted by Crippen LogP contribution is -2.23. The molecule has 1 aromatic carbocycles. The Morgan fingerprint density at radius 1 is 1.47 bits per heavy atom. The Morgan fingerprint density at radius 3 is 2.84 bits per heavy atom. The lowest BCUT2D eigenvalue weighted by Gasteiger charge is -2.19. The van der Waals surface area contributed by atoms with Crippen molar-refractivity contribution < 1.29 is 19.4 Å². The van der Waals surface area contributed by atoms with Crippen LogP contribution in [-0.4, -0.2) is 42.9 Å². The number of carboxylic acids is 1. The second kappa shape index (κ2) is 7.70. The summed E-state index contributed by atoms with van der Waals surface area (Å²) in [6, 6.07) is 4.72. The number of aliphatic hydroxyl groups is 1. The number of likely N-dealkylation sites (N-methyl/N-ethyl adjacent to an activating group) is 1. The summed E-state index contributed by atoms with van der Waals surface area (Å²) in [5.41, 5.74) is 1.29. The third-order valence-corrected chi connectivity index (χ3v) is 2.70. The minimum absolute atomic E-state index is 0.0446. The number of hydrogen-bond donors (Lipinski definition) is 3. The van der Waals surface area contributed by atoms with Crippen LogP contribution in [0.25, 0.3) is 0 Å². The third-order valence-electron chi connectivity index (χ3n) is 2.70. The number of aliphatic hydroxyl groups excluding tert-OH is 1. The highest BCUT2D eigenvalue weighted by Crippen LogP contribution is 2.19. The van der Waals surface area contributed by atoms with Crippen molar-refractivity contribution in [1.82, 2.24) is 5.32 Å². The molecule has 0 aliphatic carbocycles. The van der Waals surface area contributed by atoms with Gasteiger partial charge >= 0.3 is 5.97 Å². The SMILES string of the molecule is CN(CCO)c1cc(CNCCC(=O)O)ccc1F. The molecule has 1 rings (SSSR count). The van der Waals surface area contributed by atoms with E-state index in [1.165, 1.54) is 6.07 Å². The highest BCUT2D eigenvalue weighted by atomic mass is 19.1. The van der Waals surface area contributed by atoms with E-state index in [1.54, 1.807) is 24.1 Å². The zero-order valence-electron chi connectivity index (χ0n) is 10.9. The molecule has 0 bridgehead atoms. The number of carboxylic acid groups (broad SMARTS) is 1. The summed E-state index contributed by atoms with van der Waals surface area (Å²) >= 11 is 0. The van der Waals surface area contributed by atoms with Gasteiger partial charge in [0, 0.05) is 26.7 Å². The second-order valence-electron chi connectivity index (χ2n) is 4.25. The Bertz CT molecular complexity index is 426. The van der Waals surface area contributed by atoms with Crippen molar-refractivity contribution >= 4 is 11.7 Å². The van der Waals surface area contributed by atoms with Gasteiger partial charge in [-0.05, 0) is 17.7 Å². The van der Waals surface area contributed by atoms with Gasteiger partial charge in [-0.2, -0.15) is 0 Å². The zero-order valence-corrected chi connectivity index (χ0v) is 10.9. The van der Waals surface area contributed by atoms with Crippen molar-refractivity contribution in [2.45, 2.75) is 13.0 Å². The molecular formula is C13H19FN2O3. The van der Waals surface area contributed by atoms with Crippen molar-refractivity contribution in [1.29, 1.82) is 0 Å². The Morgan fingerprint density at radius 2 is 2.21 bits per heavy atom. The number of hydrogen-bond acceptors (Lipinski definition) is 4. The number of benzene rings is 1. The first kappa shape index (κ1) is 15.4. The summed E-state index contributed by atoms with van der Waals surface area (Å²) in [7, 11) is 1.70. The zero-order chi connectivity index (χ0) is 14.3. The van der Waals surface area contributed by atoms with E-state index in [0.29, 0.717) is 25.3 Å². The van der Waals surface area contributed by atoms with Crippen LogP contribution in [0.2, 0.25) is 0 Å². The Kier molecular flexibility index (Phi) is 6.24. The van der Waals surface area contributed by atoms with Crippen molar-refractivity contribution in [2.24, 2.45) is 0 Å². The fourth-order valence-corrected chi connectivity index (χ4v) is 1.66. The average molecular weight is 270 g/mol. The molecule has 0 fully saturated rings. The molecule has 0 saturated carbocycles. The van der Waals surface area contributed by atoms with Crippen LogP contribution in [0.3, 0.4) is 0 Å². The van der Waals surface area contributed by atoms with Gasteiger partial charge in [-0.15, -0.1) is 0 Å². The summed E-state index contributed by atoms with van der Waals surface area (Å²) in [6.07, 6.45) is 0.0540. The molecule has 0 spiro atoms. The van der Waals surface area contributed by atoms with E-state index in [-0.39, 0.29) is 18.8 Å². The van der Waals surface area contributed by atoms with Gasteiger partial charge in [0.2, 0.25) is 0 Å². The molecule has 5 nitrogen and oxygen atoms in total. The number of halogens is 1. The molecule has 6 heteroatoms. The van der Waals surface area contributed by atoms with Crippen LogP contribution in [0.1, 0.15) is 12.0 Å². The van der Waals surface area contributed by atoms with Crippen LogP contribution in [0, 0.1) is 5.82 Å². The summed E-state index contributed by atoms with van der Waals surface area (Å²) < 4.78 is 13.6. The van der Waals surface area contributed by atoms with E-state index in [1.807, 2.05) is 0 Å². The molecule has 0 amide bonds. The fraction of sp³-hybridized carbons (Fsp3) is 0.462. The van der Waals surface area contributed by atoms with Crippen molar-refractivity contribution in [3.63, 3.8) is 0 Å². The number of carbonyl (C=O) groups is 1. The summed E-state index contributed by atoms with van der Waals surface area (Å²) in [6.45, 7) is 1.16. The van der Waals surface area contributed by atoms with Gasteiger partial charge in [0.05, 0.1) is 18.7 Å². The first-order chi connectivity index (χ1) is 9.04. The monoisotopic (exact) mass is 270 g/mol. The van der Waals surface area contributed by atoms with Crippen LogP contribution in [0.4, 0.5) is 10.1 Å². The topological polar surface area (TPSA) is 72.8 Å². The summed E-state index contributed by atoms with van der Waals surface area (Å²) in [5, 5.41) is 20.3. The van der Waals surface area contributed by atoms with Gasteiger partial charge in [0.25, 0.3) is 0 Å². The second-order valence-corrected chi connectivity index (χ2v) is 4.25. The molecule has 3 N–H and O–H groups in total. The maximum Gasteiger partial charge on any atom is 0.304 e. The normalized spacial score (nSPS) is 10.5. The quantitative estimate of drug-likeness (QED) is 0.610. The lowest BCUT2D eigenvalue weighted by molar-refractivity contribution is -0.136. The van der Waals surface area contributed by atoms with Crippen LogP contribution in [0.15, 0.2) is 18.2 Å². The molecule has 1 aromatic rings. The molecule has 0 atom stereocenters. The van der Waals surface area contributed by atoms with E-state index in [2.05, 4.69) is 5.32 Å². The van der Waals surface area contributed by atoms with Crippen molar-refractivity contribution in [2.75, 3.05) is 31.6 Å². The number of anilines is 1. The Balaban J connectivity index is 2.60. The number of nitrogens with zero attached hydrogens (tertiary/aromatic N) is 1. The molecule has 106 valence electrons. The van der Waals surface area contributed by atoms with E-state index in [0.717, 1.165) is 5.56 Å². The van der Waals surface area contributed by atoms with Crippen molar-refractivity contribution in [3.8, 4) is 0 Å². The van der Waals surface area contributed by atoms with Gasteiger partial charge in [0.15, 0.2) is 0 Å². The summed E-state index contributed by atoms with van der Waals surface area (Å²) in [4.78, 5) is 12.0.